The molecular weight excluding hydrogens is 166 g/mol. The van der Waals surface area contributed by atoms with Crippen molar-refractivity contribution in [3.8, 4) is 0 Å². The lowest BCUT2D eigenvalue weighted by atomic mass is 10.3. The minimum absolute atomic E-state index is 0.0543. The minimum Gasteiger partial charge on any atom is -0.323 e. The van der Waals surface area contributed by atoms with Crippen molar-refractivity contribution in [3.63, 3.8) is 0 Å². The summed E-state index contributed by atoms with van der Waals surface area (Å²) in [7, 11) is 1.85. The standard InChI is InChI=1S/C9H15N3O/c1-4-5-9(13)11-8-6-10-12(3)7(8)2/h6H,4-5H2,1-3H3,(H,11,13). The molecule has 0 unspecified atom stereocenters. The van der Waals surface area contributed by atoms with Crippen LogP contribution in [-0.2, 0) is 11.8 Å². The lowest BCUT2D eigenvalue weighted by Gasteiger charge is -2.02. The van der Waals surface area contributed by atoms with Crippen LogP contribution in [0, 0.1) is 6.92 Å². The van der Waals surface area contributed by atoms with Gasteiger partial charge in [0.2, 0.25) is 5.91 Å². The van der Waals surface area contributed by atoms with Gasteiger partial charge in [-0.3, -0.25) is 9.48 Å². The molecule has 0 atom stereocenters. The highest BCUT2D eigenvalue weighted by Gasteiger charge is 2.06. The van der Waals surface area contributed by atoms with Crippen LogP contribution in [0.15, 0.2) is 6.20 Å². The molecule has 0 spiro atoms. The number of hydrogen-bond acceptors (Lipinski definition) is 2. The summed E-state index contributed by atoms with van der Waals surface area (Å²) < 4.78 is 1.74. The highest BCUT2D eigenvalue weighted by Crippen LogP contribution is 2.12. The van der Waals surface area contributed by atoms with Crippen LogP contribution in [0.25, 0.3) is 0 Å². The van der Waals surface area contributed by atoms with Crippen LogP contribution in [-0.4, -0.2) is 15.7 Å². The first-order valence-corrected chi connectivity index (χ1v) is 4.43. The van der Waals surface area contributed by atoms with E-state index < -0.39 is 0 Å². The Bertz CT molecular complexity index is 304. The molecule has 0 aliphatic rings. The number of anilines is 1. The van der Waals surface area contributed by atoms with Gasteiger partial charge in [-0.2, -0.15) is 5.10 Å². The summed E-state index contributed by atoms with van der Waals surface area (Å²) in [6.45, 7) is 3.91. The molecule has 13 heavy (non-hydrogen) atoms. The molecular formula is C9H15N3O. The Kier molecular flexibility index (Phi) is 3.06. The predicted molar refractivity (Wildman–Crippen MR) is 51.5 cm³/mol. The van der Waals surface area contributed by atoms with Gasteiger partial charge in [0.1, 0.15) is 0 Å². The molecule has 0 aromatic carbocycles. The molecule has 0 aliphatic heterocycles. The van der Waals surface area contributed by atoms with Gasteiger partial charge in [-0.15, -0.1) is 0 Å². The van der Waals surface area contributed by atoms with Crippen LogP contribution in [0.4, 0.5) is 5.69 Å². The molecule has 0 aliphatic carbocycles. The third kappa shape index (κ3) is 2.31. The fraction of sp³-hybridized carbons (Fsp3) is 0.556. The van der Waals surface area contributed by atoms with Crippen molar-refractivity contribution in [2.24, 2.45) is 7.05 Å². The largest absolute Gasteiger partial charge is 0.323 e. The second-order valence-electron chi connectivity index (χ2n) is 3.07. The summed E-state index contributed by atoms with van der Waals surface area (Å²) in [5.74, 6) is 0.0543. The van der Waals surface area contributed by atoms with E-state index in [0.29, 0.717) is 6.42 Å². The summed E-state index contributed by atoms with van der Waals surface area (Å²) in [6.07, 6.45) is 3.10. The van der Waals surface area contributed by atoms with Crippen molar-refractivity contribution < 1.29 is 4.79 Å². The summed E-state index contributed by atoms with van der Waals surface area (Å²) in [5.41, 5.74) is 1.78. The van der Waals surface area contributed by atoms with Crippen LogP contribution in [0.1, 0.15) is 25.5 Å². The number of amides is 1. The molecule has 1 heterocycles. The van der Waals surface area contributed by atoms with Gasteiger partial charge in [0, 0.05) is 13.5 Å². The van der Waals surface area contributed by atoms with E-state index in [-0.39, 0.29) is 5.91 Å². The Morgan fingerprint density at radius 3 is 2.85 bits per heavy atom. The van der Waals surface area contributed by atoms with E-state index in [0.717, 1.165) is 17.8 Å². The van der Waals surface area contributed by atoms with Gasteiger partial charge in [-0.05, 0) is 13.3 Å². The summed E-state index contributed by atoms with van der Waals surface area (Å²) in [5, 5.41) is 6.84. The molecule has 1 aromatic rings. The van der Waals surface area contributed by atoms with Crippen molar-refractivity contribution in [2.45, 2.75) is 26.7 Å². The van der Waals surface area contributed by atoms with Gasteiger partial charge in [-0.25, -0.2) is 0 Å². The zero-order valence-electron chi connectivity index (χ0n) is 8.29. The second kappa shape index (κ2) is 4.07. The number of aryl methyl sites for hydroxylation is 1. The van der Waals surface area contributed by atoms with Gasteiger partial charge in [0.05, 0.1) is 17.6 Å². The van der Waals surface area contributed by atoms with E-state index in [1.54, 1.807) is 10.9 Å². The van der Waals surface area contributed by atoms with Crippen molar-refractivity contribution >= 4 is 11.6 Å². The molecule has 0 fully saturated rings. The Hall–Kier alpha value is -1.32. The Morgan fingerprint density at radius 2 is 2.38 bits per heavy atom. The van der Waals surface area contributed by atoms with Gasteiger partial charge in [-0.1, -0.05) is 6.92 Å². The van der Waals surface area contributed by atoms with Gasteiger partial charge in [0.15, 0.2) is 0 Å². The molecule has 1 N–H and O–H groups in total. The van der Waals surface area contributed by atoms with E-state index in [1.165, 1.54) is 0 Å². The number of carbonyl (C=O) groups excluding carboxylic acids is 1. The fourth-order valence-corrected chi connectivity index (χ4v) is 1.06. The van der Waals surface area contributed by atoms with Crippen LogP contribution < -0.4 is 5.32 Å². The second-order valence-corrected chi connectivity index (χ2v) is 3.07. The topological polar surface area (TPSA) is 46.9 Å². The first-order valence-electron chi connectivity index (χ1n) is 4.43. The number of nitrogens with zero attached hydrogens (tertiary/aromatic N) is 2. The molecule has 72 valence electrons. The Morgan fingerprint density at radius 1 is 1.69 bits per heavy atom. The van der Waals surface area contributed by atoms with E-state index >= 15 is 0 Å². The number of carbonyl (C=O) groups is 1. The molecule has 0 saturated carbocycles. The molecule has 0 bridgehead atoms. The maximum absolute atomic E-state index is 11.2. The van der Waals surface area contributed by atoms with E-state index in [4.69, 9.17) is 0 Å². The highest BCUT2D eigenvalue weighted by molar-refractivity contribution is 5.91. The van der Waals surface area contributed by atoms with Crippen LogP contribution >= 0.6 is 0 Å². The SMILES string of the molecule is CCCC(=O)Nc1cnn(C)c1C. The maximum Gasteiger partial charge on any atom is 0.224 e. The maximum atomic E-state index is 11.2. The fourth-order valence-electron chi connectivity index (χ4n) is 1.06. The van der Waals surface area contributed by atoms with Gasteiger partial charge >= 0.3 is 0 Å². The van der Waals surface area contributed by atoms with Crippen molar-refractivity contribution in [3.05, 3.63) is 11.9 Å². The van der Waals surface area contributed by atoms with Crippen LogP contribution in [0.3, 0.4) is 0 Å². The average molecular weight is 181 g/mol. The van der Waals surface area contributed by atoms with E-state index in [2.05, 4.69) is 10.4 Å². The summed E-state index contributed by atoms with van der Waals surface area (Å²) in [6, 6.07) is 0. The monoisotopic (exact) mass is 181 g/mol. The lowest BCUT2D eigenvalue weighted by molar-refractivity contribution is -0.116. The Balaban J connectivity index is 2.64. The zero-order chi connectivity index (χ0) is 9.84. The van der Waals surface area contributed by atoms with Crippen LogP contribution in [0.5, 0.6) is 0 Å². The molecule has 4 heteroatoms. The highest BCUT2D eigenvalue weighted by atomic mass is 16.1. The van der Waals surface area contributed by atoms with Crippen molar-refractivity contribution in [2.75, 3.05) is 5.32 Å². The lowest BCUT2D eigenvalue weighted by Crippen LogP contribution is -2.11. The third-order valence-electron chi connectivity index (χ3n) is 1.99. The van der Waals surface area contributed by atoms with Crippen molar-refractivity contribution in [1.29, 1.82) is 0 Å². The Labute approximate surface area is 77.9 Å². The summed E-state index contributed by atoms with van der Waals surface area (Å²) >= 11 is 0. The first kappa shape index (κ1) is 9.77. The van der Waals surface area contributed by atoms with E-state index in [9.17, 15) is 4.79 Å². The summed E-state index contributed by atoms with van der Waals surface area (Å²) in [4.78, 5) is 11.2. The number of nitrogens with one attached hydrogen (secondary N) is 1. The molecule has 0 radical (unpaired) electrons. The zero-order valence-corrected chi connectivity index (χ0v) is 8.29. The van der Waals surface area contributed by atoms with Gasteiger partial charge < -0.3 is 5.32 Å². The van der Waals surface area contributed by atoms with Gasteiger partial charge in [0.25, 0.3) is 0 Å². The molecule has 0 saturated heterocycles. The molecule has 1 aromatic heterocycles. The number of rotatable bonds is 3. The molecule has 4 nitrogen and oxygen atoms in total. The molecule has 1 rings (SSSR count). The van der Waals surface area contributed by atoms with Crippen molar-refractivity contribution in [1.82, 2.24) is 9.78 Å². The average Bonchev–Trinajstić information content (AvgIpc) is 2.37. The van der Waals surface area contributed by atoms with E-state index in [1.807, 2.05) is 20.9 Å². The smallest absolute Gasteiger partial charge is 0.224 e. The third-order valence-corrected chi connectivity index (χ3v) is 1.99. The normalized spacial score (nSPS) is 10.1. The minimum atomic E-state index is 0.0543. The molecule has 1 amide bonds. The number of hydrogen-bond donors (Lipinski definition) is 1. The number of aromatic nitrogens is 2. The van der Waals surface area contributed by atoms with Crippen LogP contribution in [0.2, 0.25) is 0 Å². The predicted octanol–water partition coefficient (Wildman–Crippen LogP) is 1.47. The quantitative estimate of drug-likeness (QED) is 0.767. The first-order chi connectivity index (χ1) is 6.15.